The molecular weight excluding hydrogens is 90.1 g/mol. The fourth-order valence-electron chi connectivity index (χ4n) is 0.969. The lowest BCUT2D eigenvalue weighted by Crippen LogP contribution is -2.28. The number of aliphatic hydroxyl groups is 1. The van der Waals surface area contributed by atoms with Gasteiger partial charge >= 0.3 is 0 Å². The fourth-order valence-corrected chi connectivity index (χ4v) is 0.969. The molecule has 0 aliphatic heterocycles. The second kappa shape index (κ2) is 1.80. The maximum atomic E-state index is 8.87. The molecular formula is C5H11NO. The Hall–Kier alpha value is -0.0800. The van der Waals surface area contributed by atoms with Crippen LogP contribution in [0.15, 0.2) is 0 Å². The molecule has 7 heavy (non-hydrogen) atoms. The lowest BCUT2D eigenvalue weighted by atomic mass is 10.2. The van der Waals surface area contributed by atoms with Crippen molar-refractivity contribution in [2.75, 3.05) is 0 Å². The van der Waals surface area contributed by atoms with Crippen molar-refractivity contribution >= 4 is 0 Å². The summed E-state index contributed by atoms with van der Waals surface area (Å²) in [4.78, 5) is 0. The molecule has 0 amide bonds. The average molecular weight is 101 g/mol. The Bertz CT molecular complexity index is 57.1. The Morgan fingerprint density at radius 1 is 1.43 bits per heavy atom. The van der Waals surface area contributed by atoms with E-state index in [0.717, 1.165) is 19.3 Å². The molecule has 0 saturated heterocycles. The van der Waals surface area contributed by atoms with Gasteiger partial charge in [0.2, 0.25) is 0 Å². The molecule has 2 nitrogen and oxygen atoms in total. The Balaban J connectivity index is 2.33. The van der Waals surface area contributed by atoms with Gasteiger partial charge in [0.05, 0.1) is 6.10 Å². The van der Waals surface area contributed by atoms with Crippen molar-refractivity contribution in [3.63, 3.8) is 0 Å². The van der Waals surface area contributed by atoms with Crippen molar-refractivity contribution < 1.29 is 5.11 Å². The van der Waals surface area contributed by atoms with E-state index in [1.165, 1.54) is 0 Å². The molecule has 0 aromatic heterocycles. The predicted octanol–water partition coefficient (Wildman–Crippen LogP) is -0.142. The van der Waals surface area contributed by atoms with Crippen LogP contribution in [0, 0.1) is 0 Å². The van der Waals surface area contributed by atoms with Crippen molar-refractivity contribution in [3.8, 4) is 0 Å². The van der Waals surface area contributed by atoms with Gasteiger partial charge in [0, 0.05) is 6.04 Å². The van der Waals surface area contributed by atoms with E-state index in [-0.39, 0.29) is 12.1 Å². The van der Waals surface area contributed by atoms with Crippen LogP contribution < -0.4 is 5.73 Å². The van der Waals surface area contributed by atoms with Gasteiger partial charge in [-0.25, -0.2) is 0 Å². The van der Waals surface area contributed by atoms with Crippen molar-refractivity contribution in [1.29, 1.82) is 0 Å². The summed E-state index contributed by atoms with van der Waals surface area (Å²) in [5, 5.41) is 8.87. The molecule has 0 radical (unpaired) electrons. The summed E-state index contributed by atoms with van der Waals surface area (Å²) in [6.45, 7) is 0. The highest BCUT2D eigenvalue weighted by molar-refractivity contribution is 4.78. The zero-order valence-corrected chi connectivity index (χ0v) is 4.30. The van der Waals surface area contributed by atoms with Gasteiger partial charge in [-0.05, 0) is 19.3 Å². The molecule has 1 saturated carbocycles. The van der Waals surface area contributed by atoms with Crippen LogP contribution in [0.25, 0.3) is 0 Å². The fraction of sp³-hybridized carbons (Fsp3) is 1.00. The SMILES string of the molecule is NC1CCC[C@@H]1O. The standard InChI is InChI=1S/C5H11NO/c6-4-2-1-3-5(4)7/h4-5,7H,1-3,6H2/t4?,5-/m0/s1. The zero-order chi connectivity index (χ0) is 5.28. The summed E-state index contributed by atoms with van der Waals surface area (Å²) in [6.07, 6.45) is 2.80. The third-order valence-electron chi connectivity index (χ3n) is 1.53. The molecule has 0 heterocycles. The minimum Gasteiger partial charge on any atom is -0.392 e. The van der Waals surface area contributed by atoms with Crippen molar-refractivity contribution in [1.82, 2.24) is 0 Å². The summed E-state index contributed by atoms with van der Waals surface area (Å²) < 4.78 is 0. The van der Waals surface area contributed by atoms with Gasteiger partial charge in [-0.15, -0.1) is 0 Å². The Kier molecular flexibility index (Phi) is 1.30. The van der Waals surface area contributed by atoms with Gasteiger partial charge in [-0.2, -0.15) is 0 Å². The smallest absolute Gasteiger partial charge is 0.0691 e. The van der Waals surface area contributed by atoms with Gasteiger partial charge in [0.25, 0.3) is 0 Å². The van der Waals surface area contributed by atoms with Crippen LogP contribution in [0.4, 0.5) is 0 Å². The Morgan fingerprint density at radius 3 is 2.29 bits per heavy atom. The van der Waals surface area contributed by atoms with E-state index in [9.17, 15) is 0 Å². The predicted molar refractivity (Wildman–Crippen MR) is 27.8 cm³/mol. The Morgan fingerprint density at radius 2 is 2.14 bits per heavy atom. The van der Waals surface area contributed by atoms with E-state index < -0.39 is 0 Å². The second-order valence-corrected chi connectivity index (χ2v) is 2.16. The van der Waals surface area contributed by atoms with Crippen LogP contribution in [0.2, 0.25) is 0 Å². The largest absolute Gasteiger partial charge is 0.392 e. The van der Waals surface area contributed by atoms with E-state index in [1.807, 2.05) is 0 Å². The van der Waals surface area contributed by atoms with Crippen LogP contribution in [0.1, 0.15) is 19.3 Å². The van der Waals surface area contributed by atoms with Crippen molar-refractivity contribution in [2.45, 2.75) is 31.4 Å². The highest BCUT2D eigenvalue weighted by Gasteiger charge is 2.20. The summed E-state index contributed by atoms with van der Waals surface area (Å²) in [5.41, 5.74) is 5.43. The quantitative estimate of drug-likeness (QED) is 0.446. The van der Waals surface area contributed by atoms with Gasteiger partial charge in [0.1, 0.15) is 0 Å². The monoisotopic (exact) mass is 101 g/mol. The summed E-state index contributed by atoms with van der Waals surface area (Å²) >= 11 is 0. The first-order chi connectivity index (χ1) is 3.30. The Labute approximate surface area is 43.3 Å². The minimum atomic E-state index is -0.208. The molecule has 1 rings (SSSR count). The highest BCUT2D eigenvalue weighted by atomic mass is 16.3. The highest BCUT2D eigenvalue weighted by Crippen LogP contribution is 2.15. The molecule has 0 spiro atoms. The molecule has 1 unspecified atom stereocenters. The first-order valence-electron chi connectivity index (χ1n) is 2.74. The number of aliphatic hydroxyl groups excluding tert-OH is 1. The van der Waals surface area contributed by atoms with Crippen LogP contribution in [0.3, 0.4) is 0 Å². The van der Waals surface area contributed by atoms with E-state index in [1.54, 1.807) is 0 Å². The third-order valence-corrected chi connectivity index (χ3v) is 1.53. The maximum Gasteiger partial charge on any atom is 0.0691 e. The van der Waals surface area contributed by atoms with Gasteiger partial charge in [0.15, 0.2) is 0 Å². The molecule has 1 aliphatic carbocycles. The van der Waals surface area contributed by atoms with Gasteiger partial charge in [-0.3, -0.25) is 0 Å². The first-order valence-corrected chi connectivity index (χ1v) is 2.74. The molecule has 2 atom stereocenters. The number of nitrogens with two attached hydrogens (primary N) is 1. The van der Waals surface area contributed by atoms with Crippen LogP contribution in [-0.2, 0) is 0 Å². The zero-order valence-electron chi connectivity index (χ0n) is 4.30. The minimum absolute atomic E-state index is 0.0694. The van der Waals surface area contributed by atoms with E-state index >= 15 is 0 Å². The summed E-state index contributed by atoms with van der Waals surface area (Å²) in [7, 11) is 0. The van der Waals surface area contributed by atoms with Crippen LogP contribution in [-0.4, -0.2) is 17.3 Å². The molecule has 1 aliphatic rings. The summed E-state index contributed by atoms with van der Waals surface area (Å²) in [5.74, 6) is 0. The molecule has 0 aromatic rings. The summed E-state index contributed by atoms with van der Waals surface area (Å²) in [6, 6.07) is 0.0694. The molecule has 1 fully saturated rings. The normalized spacial score (nSPS) is 42.0. The van der Waals surface area contributed by atoms with E-state index in [4.69, 9.17) is 10.8 Å². The molecule has 0 bridgehead atoms. The number of rotatable bonds is 0. The first kappa shape index (κ1) is 5.06. The average Bonchev–Trinajstić information content (AvgIpc) is 1.91. The van der Waals surface area contributed by atoms with Crippen LogP contribution >= 0.6 is 0 Å². The van der Waals surface area contributed by atoms with Crippen LogP contribution in [0.5, 0.6) is 0 Å². The molecule has 2 heteroatoms. The molecule has 0 aromatic carbocycles. The lowest BCUT2D eigenvalue weighted by Gasteiger charge is -2.04. The second-order valence-electron chi connectivity index (χ2n) is 2.16. The van der Waals surface area contributed by atoms with Crippen molar-refractivity contribution in [3.05, 3.63) is 0 Å². The van der Waals surface area contributed by atoms with E-state index in [2.05, 4.69) is 0 Å². The topological polar surface area (TPSA) is 46.2 Å². The van der Waals surface area contributed by atoms with E-state index in [0.29, 0.717) is 0 Å². The number of hydrogen-bond acceptors (Lipinski definition) is 2. The third kappa shape index (κ3) is 0.924. The molecule has 42 valence electrons. The molecule has 3 N–H and O–H groups in total. The van der Waals surface area contributed by atoms with Crippen molar-refractivity contribution in [2.24, 2.45) is 5.73 Å². The maximum absolute atomic E-state index is 8.87. The van der Waals surface area contributed by atoms with Gasteiger partial charge < -0.3 is 10.8 Å². The number of hydrogen-bond donors (Lipinski definition) is 2. The van der Waals surface area contributed by atoms with Gasteiger partial charge in [-0.1, -0.05) is 0 Å². The lowest BCUT2D eigenvalue weighted by molar-refractivity contribution is 0.165.